The number of hydrogen-bond donors (Lipinski definition) is 3. The van der Waals surface area contributed by atoms with E-state index in [1.807, 2.05) is 0 Å². The number of aliphatic hydroxyl groups excluding tert-OH is 1. The van der Waals surface area contributed by atoms with Gasteiger partial charge in [0.05, 0.1) is 0 Å². The van der Waals surface area contributed by atoms with Crippen LogP contribution in [-0.2, 0) is 9.59 Å². The van der Waals surface area contributed by atoms with Crippen molar-refractivity contribution in [3.05, 3.63) is 35.9 Å². The van der Waals surface area contributed by atoms with Gasteiger partial charge in [-0.3, -0.25) is 4.79 Å². The predicted octanol–water partition coefficient (Wildman–Crippen LogP) is 3.43. The number of amides is 1. The molecule has 0 aliphatic heterocycles. The molecule has 0 heterocycles. The summed E-state index contributed by atoms with van der Waals surface area (Å²) in [5.74, 6) is -1.56. The van der Waals surface area contributed by atoms with Gasteiger partial charge in [0.2, 0.25) is 5.91 Å². The van der Waals surface area contributed by atoms with E-state index < -0.39 is 18.1 Å². The van der Waals surface area contributed by atoms with Crippen LogP contribution in [0.5, 0.6) is 0 Å². The van der Waals surface area contributed by atoms with Gasteiger partial charge in [0, 0.05) is 6.42 Å². The number of hydrogen-bond acceptors (Lipinski definition) is 3. The topological polar surface area (TPSA) is 86.6 Å². The molecule has 0 aliphatic carbocycles. The number of carboxylic acids is 1. The van der Waals surface area contributed by atoms with Crippen LogP contribution in [0.2, 0.25) is 0 Å². The van der Waals surface area contributed by atoms with E-state index in [9.17, 15) is 19.8 Å². The van der Waals surface area contributed by atoms with Gasteiger partial charge in [0.1, 0.15) is 6.10 Å². The largest absolute Gasteiger partial charge is 0.480 e. The first kappa shape index (κ1) is 20.2. The first-order valence-electron chi connectivity index (χ1n) is 8.81. The van der Waals surface area contributed by atoms with Gasteiger partial charge >= 0.3 is 5.97 Å². The maximum atomic E-state index is 11.9. The fourth-order valence-corrected chi connectivity index (χ4v) is 2.61. The molecule has 0 radical (unpaired) electrons. The Hall–Kier alpha value is -1.88. The first-order valence-corrected chi connectivity index (χ1v) is 8.81. The lowest BCUT2D eigenvalue weighted by Crippen LogP contribution is -2.44. The molecule has 24 heavy (non-hydrogen) atoms. The summed E-state index contributed by atoms with van der Waals surface area (Å²) in [6, 6.07) is 7.18. The number of carbonyl (C=O) groups is 2. The molecule has 0 aromatic heterocycles. The number of benzene rings is 1. The van der Waals surface area contributed by atoms with E-state index in [1.54, 1.807) is 30.3 Å². The average molecular weight is 335 g/mol. The van der Waals surface area contributed by atoms with Gasteiger partial charge < -0.3 is 15.5 Å². The highest BCUT2D eigenvalue weighted by Crippen LogP contribution is 2.17. The van der Waals surface area contributed by atoms with Crippen molar-refractivity contribution in [1.29, 1.82) is 0 Å². The molecule has 0 saturated heterocycles. The summed E-state index contributed by atoms with van der Waals surface area (Å²) in [4.78, 5) is 23.3. The molecule has 0 fully saturated rings. The van der Waals surface area contributed by atoms with E-state index in [2.05, 4.69) is 12.2 Å². The summed E-state index contributed by atoms with van der Waals surface area (Å²) in [6.45, 7) is 2.17. The van der Waals surface area contributed by atoms with Crippen LogP contribution >= 0.6 is 0 Å². The Bertz CT molecular complexity index is 489. The highest BCUT2D eigenvalue weighted by Gasteiger charge is 2.29. The third-order valence-electron chi connectivity index (χ3n) is 4.05. The molecule has 5 nitrogen and oxygen atoms in total. The number of aliphatic carboxylic acids is 1. The molecule has 134 valence electrons. The molecule has 0 unspecified atom stereocenters. The van der Waals surface area contributed by atoms with Crippen molar-refractivity contribution < 1.29 is 19.8 Å². The van der Waals surface area contributed by atoms with Crippen molar-refractivity contribution in [2.45, 2.75) is 70.4 Å². The molecule has 1 amide bonds. The average Bonchev–Trinajstić information content (AvgIpc) is 2.59. The Labute approximate surface area is 144 Å². The first-order chi connectivity index (χ1) is 11.6. The number of carbonyl (C=O) groups excluding carboxylic acids is 1. The summed E-state index contributed by atoms with van der Waals surface area (Å²) < 4.78 is 0. The van der Waals surface area contributed by atoms with Crippen molar-refractivity contribution in [2.24, 2.45) is 0 Å². The molecule has 0 aliphatic rings. The van der Waals surface area contributed by atoms with Gasteiger partial charge in [-0.1, -0.05) is 75.8 Å². The normalized spacial score (nSPS) is 13.2. The van der Waals surface area contributed by atoms with Crippen LogP contribution in [0, 0.1) is 0 Å². The third kappa shape index (κ3) is 7.59. The third-order valence-corrected chi connectivity index (χ3v) is 4.05. The number of carboxylic acid groups (broad SMARTS) is 1. The maximum absolute atomic E-state index is 11.9. The molecule has 0 saturated carbocycles. The summed E-state index contributed by atoms with van der Waals surface area (Å²) >= 11 is 0. The second-order valence-corrected chi connectivity index (χ2v) is 6.11. The molecule has 0 spiro atoms. The SMILES string of the molecule is CCCCCCCCCC(=O)N[C@H](C(=O)O)[C@H](O)c1ccccc1. The van der Waals surface area contributed by atoms with Crippen molar-refractivity contribution in [1.82, 2.24) is 5.32 Å². The Morgan fingerprint density at radius 3 is 2.17 bits per heavy atom. The van der Waals surface area contributed by atoms with Crippen LogP contribution in [0.25, 0.3) is 0 Å². The Kier molecular flexibility index (Phi) is 9.77. The number of aliphatic hydroxyl groups is 1. The quantitative estimate of drug-likeness (QED) is 0.511. The summed E-state index contributed by atoms with van der Waals surface area (Å²) in [5.41, 5.74) is 0.473. The second kappa shape index (κ2) is 11.6. The summed E-state index contributed by atoms with van der Waals surface area (Å²) in [5, 5.41) is 21.9. The number of rotatable bonds is 12. The van der Waals surface area contributed by atoms with Crippen LogP contribution in [0.3, 0.4) is 0 Å². The zero-order valence-corrected chi connectivity index (χ0v) is 14.4. The predicted molar refractivity (Wildman–Crippen MR) is 93.6 cm³/mol. The Morgan fingerprint density at radius 1 is 1.00 bits per heavy atom. The van der Waals surface area contributed by atoms with Crippen molar-refractivity contribution in [3.8, 4) is 0 Å². The zero-order valence-electron chi connectivity index (χ0n) is 14.4. The Morgan fingerprint density at radius 2 is 1.58 bits per heavy atom. The standard InChI is InChI=1S/C19H29NO4/c1-2-3-4-5-6-7-11-14-16(21)20-17(19(23)24)18(22)15-12-9-8-10-13-15/h8-10,12-13,17-18,22H,2-7,11,14H2,1H3,(H,20,21)(H,23,24)/t17-,18+/m0/s1. The fourth-order valence-electron chi connectivity index (χ4n) is 2.61. The lowest BCUT2D eigenvalue weighted by molar-refractivity contribution is -0.145. The molecule has 5 heteroatoms. The highest BCUT2D eigenvalue weighted by atomic mass is 16.4. The van der Waals surface area contributed by atoms with Crippen molar-refractivity contribution >= 4 is 11.9 Å². The smallest absolute Gasteiger partial charge is 0.329 e. The number of nitrogens with one attached hydrogen (secondary N) is 1. The van der Waals surface area contributed by atoms with Crippen molar-refractivity contribution in [3.63, 3.8) is 0 Å². The molecule has 2 atom stereocenters. The number of unbranched alkanes of at least 4 members (excludes halogenated alkanes) is 6. The molecular formula is C19H29NO4. The van der Waals surface area contributed by atoms with E-state index in [1.165, 1.54) is 25.7 Å². The molecular weight excluding hydrogens is 306 g/mol. The van der Waals surface area contributed by atoms with Gasteiger partial charge in [-0.2, -0.15) is 0 Å². The lowest BCUT2D eigenvalue weighted by atomic mass is 10.0. The highest BCUT2D eigenvalue weighted by molar-refractivity contribution is 5.84. The van der Waals surface area contributed by atoms with Crippen LogP contribution in [0.15, 0.2) is 30.3 Å². The van der Waals surface area contributed by atoms with Crippen LogP contribution < -0.4 is 5.32 Å². The maximum Gasteiger partial charge on any atom is 0.329 e. The van der Waals surface area contributed by atoms with Gasteiger partial charge in [0.15, 0.2) is 6.04 Å². The minimum Gasteiger partial charge on any atom is -0.480 e. The van der Waals surface area contributed by atoms with Crippen LogP contribution in [0.1, 0.15) is 70.0 Å². The summed E-state index contributed by atoms with van der Waals surface area (Å²) in [6.07, 6.45) is 6.71. The minimum absolute atomic E-state index is 0.291. The van der Waals surface area contributed by atoms with E-state index in [0.717, 1.165) is 19.3 Å². The molecule has 1 aromatic rings. The Balaban J connectivity index is 2.37. The van der Waals surface area contributed by atoms with E-state index in [0.29, 0.717) is 12.0 Å². The molecule has 1 rings (SSSR count). The van der Waals surface area contributed by atoms with E-state index in [-0.39, 0.29) is 5.91 Å². The minimum atomic E-state index is -1.33. The molecule has 0 bridgehead atoms. The second-order valence-electron chi connectivity index (χ2n) is 6.11. The van der Waals surface area contributed by atoms with Crippen molar-refractivity contribution in [2.75, 3.05) is 0 Å². The molecule has 1 aromatic carbocycles. The molecule has 3 N–H and O–H groups in total. The van der Waals surface area contributed by atoms with Gasteiger partial charge in [-0.05, 0) is 12.0 Å². The van der Waals surface area contributed by atoms with Gasteiger partial charge in [-0.15, -0.1) is 0 Å². The zero-order chi connectivity index (χ0) is 17.8. The monoisotopic (exact) mass is 335 g/mol. The lowest BCUT2D eigenvalue weighted by Gasteiger charge is -2.20. The fraction of sp³-hybridized carbons (Fsp3) is 0.579. The van der Waals surface area contributed by atoms with E-state index >= 15 is 0 Å². The van der Waals surface area contributed by atoms with Gasteiger partial charge in [0.25, 0.3) is 0 Å². The van der Waals surface area contributed by atoms with Crippen LogP contribution in [0.4, 0.5) is 0 Å². The van der Waals surface area contributed by atoms with Crippen LogP contribution in [-0.4, -0.2) is 28.1 Å². The van der Waals surface area contributed by atoms with Gasteiger partial charge in [-0.25, -0.2) is 4.79 Å². The summed E-state index contributed by atoms with van der Waals surface area (Å²) in [7, 11) is 0. The van der Waals surface area contributed by atoms with E-state index in [4.69, 9.17) is 0 Å².